The molecule has 1 aliphatic heterocycles. The third-order valence-corrected chi connectivity index (χ3v) is 3.38. The number of rotatable bonds is 5. The van der Waals surface area contributed by atoms with Crippen LogP contribution < -0.4 is 5.73 Å². The lowest BCUT2D eigenvalue weighted by atomic mass is 9.99. The molecule has 0 aromatic carbocycles. The summed E-state index contributed by atoms with van der Waals surface area (Å²) in [4.78, 5) is 2.95. The highest BCUT2D eigenvalue weighted by molar-refractivity contribution is 7.80. The molecule has 1 rings (SSSR count). The van der Waals surface area contributed by atoms with E-state index in [0.717, 1.165) is 32.2 Å². The molecule has 0 spiro atoms. The average molecular weight is 230 g/mol. The molecule has 2 N–H and O–H groups in total. The SMILES string of the molecule is CC(CN(C)CC1CCOCC1)C(N)=S. The fourth-order valence-electron chi connectivity index (χ4n) is 2.00. The number of ether oxygens (including phenoxy) is 1. The van der Waals surface area contributed by atoms with Crippen LogP contribution >= 0.6 is 12.2 Å². The smallest absolute Gasteiger partial charge is 0.0768 e. The van der Waals surface area contributed by atoms with Gasteiger partial charge in [-0.1, -0.05) is 19.1 Å². The summed E-state index contributed by atoms with van der Waals surface area (Å²) in [5.41, 5.74) is 5.60. The zero-order valence-corrected chi connectivity index (χ0v) is 10.6. The molecule has 3 nitrogen and oxygen atoms in total. The summed E-state index contributed by atoms with van der Waals surface area (Å²) < 4.78 is 5.34. The van der Waals surface area contributed by atoms with Crippen LogP contribution in [0.5, 0.6) is 0 Å². The quantitative estimate of drug-likeness (QED) is 0.722. The maximum absolute atomic E-state index is 5.60. The number of hydrogen-bond acceptors (Lipinski definition) is 3. The molecule has 0 aliphatic carbocycles. The molecule has 1 atom stereocenters. The molecule has 88 valence electrons. The van der Waals surface area contributed by atoms with E-state index in [4.69, 9.17) is 22.7 Å². The Labute approximate surface area is 98.0 Å². The normalized spacial score (nSPS) is 20.5. The predicted octanol–water partition coefficient (Wildman–Crippen LogP) is 1.27. The molecular formula is C11H22N2OS. The van der Waals surface area contributed by atoms with Gasteiger partial charge in [0.2, 0.25) is 0 Å². The molecule has 1 saturated heterocycles. The Morgan fingerprint density at radius 3 is 2.67 bits per heavy atom. The molecule has 0 amide bonds. The van der Waals surface area contributed by atoms with Crippen LogP contribution in [0, 0.1) is 11.8 Å². The van der Waals surface area contributed by atoms with Crippen molar-refractivity contribution in [3.8, 4) is 0 Å². The summed E-state index contributed by atoms with van der Waals surface area (Å²) in [5, 5.41) is 0. The van der Waals surface area contributed by atoms with E-state index in [0.29, 0.717) is 10.9 Å². The molecule has 0 bridgehead atoms. The summed E-state index contributed by atoms with van der Waals surface area (Å²) in [5.74, 6) is 1.09. The van der Waals surface area contributed by atoms with E-state index in [9.17, 15) is 0 Å². The van der Waals surface area contributed by atoms with Crippen LogP contribution in [-0.4, -0.2) is 43.2 Å². The highest BCUT2D eigenvalue weighted by Gasteiger charge is 2.17. The lowest BCUT2D eigenvalue weighted by Crippen LogP contribution is -2.35. The standard InChI is InChI=1S/C11H22N2OS/c1-9(11(12)15)7-13(2)8-10-3-5-14-6-4-10/h9-10H,3-8H2,1-2H3,(H2,12,15). The average Bonchev–Trinajstić information content (AvgIpc) is 2.18. The zero-order chi connectivity index (χ0) is 11.3. The Balaban J connectivity index is 2.22. The number of nitrogens with two attached hydrogens (primary N) is 1. The summed E-state index contributed by atoms with van der Waals surface area (Å²) in [6, 6.07) is 0. The molecule has 1 heterocycles. The van der Waals surface area contributed by atoms with Crippen molar-refractivity contribution in [2.24, 2.45) is 17.6 Å². The second-order valence-electron chi connectivity index (χ2n) is 4.58. The van der Waals surface area contributed by atoms with Crippen LogP contribution in [0.3, 0.4) is 0 Å². The van der Waals surface area contributed by atoms with Crippen LogP contribution in [0.25, 0.3) is 0 Å². The van der Waals surface area contributed by atoms with E-state index in [1.165, 1.54) is 12.8 Å². The van der Waals surface area contributed by atoms with Crippen molar-refractivity contribution in [3.63, 3.8) is 0 Å². The third-order valence-electron chi connectivity index (χ3n) is 2.98. The van der Waals surface area contributed by atoms with Gasteiger partial charge >= 0.3 is 0 Å². The first-order valence-corrected chi connectivity index (χ1v) is 6.06. The van der Waals surface area contributed by atoms with E-state index >= 15 is 0 Å². The fraction of sp³-hybridized carbons (Fsp3) is 0.909. The molecule has 1 aliphatic rings. The van der Waals surface area contributed by atoms with Crippen LogP contribution in [0.2, 0.25) is 0 Å². The highest BCUT2D eigenvalue weighted by atomic mass is 32.1. The molecular weight excluding hydrogens is 208 g/mol. The molecule has 0 saturated carbocycles. The molecule has 15 heavy (non-hydrogen) atoms. The van der Waals surface area contributed by atoms with Gasteiger partial charge in [-0.25, -0.2) is 0 Å². The lowest BCUT2D eigenvalue weighted by molar-refractivity contribution is 0.0551. The summed E-state index contributed by atoms with van der Waals surface area (Å²) >= 11 is 4.97. The van der Waals surface area contributed by atoms with Crippen molar-refractivity contribution in [2.45, 2.75) is 19.8 Å². The van der Waals surface area contributed by atoms with E-state index in [-0.39, 0.29) is 0 Å². The van der Waals surface area contributed by atoms with Gasteiger partial charge < -0.3 is 15.4 Å². The monoisotopic (exact) mass is 230 g/mol. The number of thiocarbonyl (C=S) groups is 1. The van der Waals surface area contributed by atoms with Gasteiger partial charge in [-0.15, -0.1) is 0 Å². The first kappa shape index (κ1) is 12.9. The van der Waals surface area contributed by atoms with Crippen LogP contribution in [0.15, 0.2) is 0 Å². The Morgan fingerprint density at radius 1 is 1.53 bits per heavy atom. The molecule has 0 radical (unpaired) electrons. The summed E-state index contributed by atoms with van der Waals surface area (Å²) in [6.07, 6.45) is 2.37. The van der Waals surface area contributed by atoms with Crippen molar-refractivity contribution < 1.29 is 4.74 Å². The molecule has 0 aromatic rings. The zero-order valence-electron chi connectivity index (χ0n) is 9.74. The van der Waals surface area contributed by atoms with Gasteiger partial charge in [-0.2, -0.15) is 0 Å². The predicted molar refractivity (Wildman–Crippen MR) is 67.0 cm³/mol. The van der Waals surface area contributed by atoms with Gasteiger partial charge in [0.1, 0.15) is 0 Å². The maximum Gasteiger partial charge on any atom is 0.0768 e. The van der Waals surface area contributed by atoms with Crippen molar-refractivity contribution in [1.29, 1.82) is 0 Å². The highest BCUT2D eigenvalue weighted by Crippen LogP contribution is 2.15. The number of hydrogen-bond donors (Lipinski definition) is 1. The first-order valence-electron chi connectivity index (χ1n) is 5.65. The largest absolute Gasteiger partial charge is 0.393 e. The van der Waals surface area contributed by atoms with Gasteiger partial charge in [0.05, 0.1) is 4.99 Å². The minimum atomic E-state index is 0.310. The molecule has 4 heteroatoms. The van der Waals surface area contributed by atoms with E-state index in [1.807, 2.05) is 0 Å². The number of nitrogens with zero attached hydrogens (tertiary/aromatic N) is 1. The summed E-state index contributed by atoms with van der Waals surface area (Å²) in [6.45, 7) is 6.03. The topological polar surface area (TPSA) is 38.5 Å². The van der Waals surface area contributed by atoms with E-state index in [2.05, 4.69) is 18.9 Å². The van der Waals surface area contributed by atoms with Crippen LogP contribution in [0.1, 0.15) is 19.8 Å². The Hall–Kier alpha value is -0.190. The fourth-order valence-corrected chi connectivity index (χ4v) is 2.08. The Morgan fingerprint density at radius 2 is 2.13 bits per heavy atom. The minimum Gasteiger partial charge on any atom is -0.393 e. The first-order chi connectivity index (χ1) is 7.09. The van der Waals surface area contributed by atoms with Gasteiger partial charge in [0.15, 0.2) is 0 Å². The third kappa shape index (κ3) is 4.91. The molecule has 1 unspecified atom stereocenters. The Kier molecular flexibility index (Phi) is 5.50. The minimum absolute atomic E-state index is 0.310. The van der Waals surface area contributed by atoms with Crippen molar-refractivity contribution in [2.75, 3.05) is 33.4 Å². The van der Waals surface area contributed by atoms with Gasteiger partial charge in [-0.05, 0) is 25.8 Å². The maximum atomic E-state index is 5.60. The molecule has 0 aromatic heterocycles. The lowest BCUT2D eigenvalue weighted by Gasteiger charge is -2.28. The van der Waals surface area contributed by atoms with Gasteiger partial charge in [0, 0.05) is 32.2 Å². The Bertz CT molecular complexity index is 205. The van der Waals surface area contributed by atoms with Crippen molar-refractivity contribution >= 4 is 17.2 Å². The van der Waals surface area contributed by atoms with E-state index in [1.54, 1.807) is 0 Å². The second kappa shape index (κ2) is 6.40. The van der Waals surface area contributed by atoms with Crippen LogP contribution in [0.4, 0.5) is 0 Å². The molecule has 1 fully saturated rings. The van der Waals surface area contributed by atoms with Crippen molar-refractivity contribution in [3.05, 3.63) is 0 Å². The second-order valence-corrected chi connectivity index (χ2v) is 5.05. The van der Waals surface area contributed by atoms with Crippen molar-refractivity contribution in [1.82, 2.24) is 4.90 Å². The van der Waals surface area contributed by atoms with Crippen LogP contribution in [-0.2, 0) is 4.74 Å². The van der Waals surface area contributed by atoms with E-state index < -0.39 is 0 Å². The van der Waals surface area contributed by atoms with Gasteiger partial charge in [0.25, 0.3) is 0 Å². The summed E-state index contributed by atoms with van der Waals surface area (Å²) in [7, 11) is 2.14. The van der Waals surface area contributed by atoms with Gasteiger partial charge in [-0.3, -0.25) is 0 Å².